The van der Waals surface area contributed by atoms with Gasteiger partial charge in [0.05, 0.1) is 6.04 Å². The van der Waals surface area contributed by atoms with Crippen LogP contribution in [0.2, 0.25) is 5.02 Å². The van der Waals surface area contributed by atoms with E-state index >= 15 is 0 Å². The first-order valence-electron chi connectivity index (χ1n) is 7.38. The summed E-state index contributed by atoms with van der Waals surface area (Å²) < 4.78 is 0. The van der Waals surface area contributed by atoms with Crippen molar-refractivity contribution < 1.29 is 4.79 Å². The first kappa shape index (κ1) is 15.3. The molecule has 1 aliphatic rings. The van der Waals surface area contributed by atoms with Crippen LogP contribution in [0, 0.1) is 5.92 Å². The number of carbonyl (C=O) groups is 1. The molecule has 1 N–H and O–H groups in total. The van der Waals surface area contributed by atoms with Crippen LogP contribution in [0.1, 0.15) is 45.3 Å². The van der Waals surface area contributed by atoms with Crippen molar-refractivity contribution in [2.45, 2.75) is 45.8 Å². The molecule has 20 heavy (non-hydrogen) atoms. The second-order valence-corrected chi connectivity index (χ2v) is 6.03. The zero-order chi connectivity index (χ0) is 14.7. The monoisotopic (exact) mass is 294 g/mol. The van der Waals surface area contributed by atoms with E-state index in [1.807, 2.05) is 36.1 Å². The molecule has 0 aliphatic carbocycles. The number of hydrogen-bond acceptors (Lipinski definition) is 2. The van der Waals surface area contributed by atoms with Crippen molar-refractivity contribution in [3.8, 4) is 0 Å². The van der Waals surface area contributed by atoms with Crippen LogP contribution in [-0.4, -0.2) is 23.4 Å². The number of carbonyl (C=O) groups excluding carboxylic acids is 1. The molecule has 0 radical (unpaired) electrons. The van der Waals surface area contributed by atoms with Crippen LogP contribution in [-0.2, 0) is 4.79 Å². The normalized spacial score (nSPS) is 24.2. The smallest absolute Gasteiger partial charge is 0.241 e. The van der Waals surface area contributed by atoms with Crippen LogP contribution < -0.4 is 5.32 Å². The Labute approximate surface area is 126 Å². The number of nitrogens with zero attached hydrogens (tertiary/aromatic N) is 1. The third-order valence-electron chi connectivity index (χ3n) is 4.03. The van der Waals surface area contributed by atoms with Gasteiger partial charge in [-0.15, -0.1) is 0 Å². The first-order valence-corrected chi connectivity index (χ1v) is 7.76. The Hall–Kier alpha value is -1.06. The Morgan fingerprint density at radius 2 is 2.15 bits per heavy atom. The molecule has 1 aliphatic heterocycles. The van der Waals surface area contributed by atoms with Crippen molar-refractivity contribution in [2.75, 3.05) is 6.54 Å². The van der Waals surface area contributed by atoms with Gasteiger partial charge >= 0.3 is 0 Å². The van der Waals surface area contributed by atoms with E-state index in [0.29, 0.717) is 10.9 Å². The summed E-state index contributed by atoms with van der Waals surface area (Å²) in [4.78, 5) is 14.5. The van der Waals surface area contributed by atoms with E-state index in [-0.39, 0.29) is 18.1 Å². The molecule has 1 heterocycles. The van der Waals surface area contributed by atoms with Crippen molar-refractivity contribution in [1.29, 1.82) is 0 Å². The van der Waals surface area contributed by atoms with Gasteiger partial charge in [-0.2, -0.15) is 0 Å². The summed E-state index contributed by atoms with van der Waals surface area (Å²) in [6.45, 7) is 7.17. The molecule has 3 unspecified atom stereocenters. The summed E-state index contributed by atoms with van der Waals surface area (Å²) in [5, 5.41) is 4.14. The maximum Gasteiger partial charge on any atom is 0.241 e. The van der Waals surface area contributed by atoms with E-state index < -0.39 is 0 Å². The number of nitrogens with one attached hydrogen (secondary N) is 1. The number of amides is 1. The lowest BCUT2D eigenvalue weighted by Crippen LogP contribution is -2.34. The molecule has 3 nitrogen and oxygen atoms in total. The van der Waals surface area contributed by atoms with Crippen molar-refractivity contribution in [1.82, 2.24) is 10.2 Å². The summed E-state index contributed by atoms with van der Waals surface area (Å²) in [6.07, 6.45) is 1.83. The second-order valence-electron chi connectivity index (χ2n) is 5.59. The van der Waals surface area contributed by atoms with Gasteiger partial charge in [0, 0.05) is 11.6 Å². The molecule has 1 aromatic carbocycles. The molecule has 1 saturated heterocycles. The van der Waals surface area contributed by atoms with Crippen molar-refractivity contribution >= 4 is 17.5 Å². The topological polar surface area (TPSA) is 32.3 Å². The van der Waals surface area contributed by atoms with Gasteiger partial charge in [-0.05, 0) is 30.0 Å². The minimum absolute atomic E-state index is 0.0554. The Bertz CT molecular complexity index is 477. The van der Waals surface area contributed by atoms with E-state index in [4.69, 9.17) is 11.6 Å². The molecule has 0 bridgehead atoms. The molecule has 0 aromatic heterocycles. The van der Waals surface area contributed by atoms with Crippen molar-refractivity contribution in [3.05, 3.63) is 34.9 Å². The van der Waals surface area contributed by atoms with Crippen LogP contribution >= 0.6 is 11.6 Å². The molecular formula is C16H23ClN2O. The Kier molecular flexibility index (Phi) is 5.06. The third-order valence-corrected chi connectivity index (χ3v) is 4.26. The van der Waals surface area contributed by atoms with Gasteiger partial charge < -0.3 is 4.90 Å². The first-order chi connectivity index (χ1) is 9.56. The molecule has 0 saturated carbocycles. The molecular weight excluding hydrogens is 272 g/mol. The minimum atomic E-state index is -0.0805. The number of hydrogen-bond donors (Lipinski definition) is 1. The zero-order valence-electron chi connectivity index (χ0n) is 12.4. The number of rotatable bonds is 5. The molecule has 2 rings (SSSR count). The van der Waals surface area contributed by atoms with Gasteiger partial charge in [0.2, 0.25) is 5.91 Å². The maximum absolute atomic E-state index is 12.5. The van der Waals surface area contributed by atoms with Crippen LogP contribution in [0.25, 0.3) is 0 Å². The SMILES string of the molecule is CCC(C)CN1C(=O)C(CC)NC1c1cccc(Cl)c1. The van der Waals surface area contributed by atoms with E-state index in [1.54, 1.807) is 0 Å². The van der Waals surface area contributed by atoms with Gasteiger partial charge in [0.25, 0.3) is 0 Å². The van der Waals surface area contributed by atoms with Gasteiger partial charge in [-0.25, -0.2) is 0 Å². The molecule has 0 spiro atoms. The lowest BCUT2D eigenvalue weighted by atomic mass is 10.1. The van der Waals surface area contributed by atoms with Crippen LogP contribution in [0.5, 0.6) is 0 Å². The summed E-state index contributed by atoms with van der Waals surface area (Å²) in [5.41, 5.74) is 1.06. The van der Waals surface area contributed by atoms with E-state index in [2.05, 4.69) is 19.2 Å². The largest absolute Gasteiger partial charge is 0.321 e. The summed E-state index contributed by atoms with van der Waals surface area (Å²) in [5.74, 6) is 0.704. The van der Waals surface area contributed by atoms with Gasteiger partial charge in [0.15, 0.2) is 0 Å². The lowest BCUT2D eigenvalue weighted by Gasteiger charge is -2.27. The fourth-order valence-corrected chi connectivity index (χ4v) is 2.78. The van der Waals surface area contributed by atoms with Crippen LogP contribution in [0.15, 0.2) is 24.3 Å². The third kappa shape index (κ3) is 3.15. The van der Waals surface area contributed by atoms with Crippen LogP contribution in [0.4, 0.5) is 0 Å². The predicted octanol–water partition coefficient (Wildman–Crippen LogP) is 3.60. The highest BCUT2D eigenvalue weighted by molar-refractivity contribution is 6.30. The Balaban J connectivity index is 2.26. The molecule has 1 amide bonds. The average molecular weight is 295 g/mol. The van der Waals surface area contributed by atoms with E-state index in [9.17, 15) is 4.79 Å². The predicted molar refractivity (Wildman–Crippen MR) is 82.6 cm³/mol. The second kappa shape index (κ2) is 6.59. The highest BCUT2D eigenvalue weighted by atomic mass is 35.5. The minimum Gasteiger partial charge on any atom is -0.321 e. The Morgan fingerprint density at radius 1 is 1.40 bits per heavy atom. The lowest BCUT2D eigenvalue weighted by molar-refractivity contribution is -0.130. The van der Waals surface area contributed by atoms with Gasteiger partial charge in [-0.1, -0.05) is 50.9 Å². The highest BCUT2D eigenvalue weighted by Crippen LogP contribution is 2.29. The summed E-state index contributed by atoms with van der Waals surface area (Å²) in [6, 6.07) is 7.68. The molecule has 4 heteroatoms. The van der Waals surface area contributed by atoms with Gasteiger partial charge in [0.1, 0.15) is 6.17 Å². The molecule has 3 atom stereocenters. The molecule has 1 aromatic rings. The standard InChI is InChI=1S/C16H23ClN2O/c1-4-11(3)10-19-15(18-14(5-2)16(19)20)12-7-6-8-13(17)9-12/h6-9,11,14-15,18H,4-5,10H2,1-3H3. The quantitative estimate of drug-likeness (QED) is 0.900. The maximum atomic E-state index is 12.5. The fraction of sp³-hybridized carbons (Fsp3) is 0.562. The van der Waals surface area contributed by atoms with Crippen molar-refractivity contribution in [3.63, 3.8) is 0 Å². The number of halogens is 1. The van der Waals surface area contributed by atoms with E-state index in [1.165, 1.54) is 0 Å². The number of benzene rings is 1. The molecule has 110 valence electrons. The molecule has 1 fully saturated rings. The summed E-state index contributed by atoms with van der Waals surface area (Å²) >= 11 is 6.08. The Morgan fingerprint density at radius 3 is 2.75 bits per heavy atom. The fourth-order valence-electron chi connectivity index (χ4n) is 2.58. The average Bonchev–Trinajstić information content (AvgIpc) is 2.75. The van der Waals surface area contributed by atoms with E-state index in [0.717, 1.165) is 24.9 Å². The van der Waals surface area contributed by atoms with Crippen molar-refractivity contribution in [2.24, 2.45) is 5.92 Å². The van der Waals surface area contributed by atoms with Crippen LogP contribution in [0.3, 0.4) is 0 Å². The highest BCUT2D eigenvalue weighted by Gasteiger charge is 2.38. The zero-order valence-corrected chi connectivity index (χ0v) is 13.2. The summed E-state index contributed by atoms with van der Waals surface area (Å²) in [7, 11) is 0. The van der Waals surface area contributed by atoms with Gasteiger partial charge in [-0.3, -0.25) is 10.1 Å².